The maximum absolute atomic E-state index is 13.7. The van der Waals surface area contributed by atoms with Gasteiger partial charge in [-0.25, -0.2) is 14.6 Å². The molecule has 0 bridgehead atoms. The van der Waals surface area contributed by atoms with Crippen molar-refractivity contribution in [2.45, 2.75) is 65.2 Å². The van der Waals surface area contributed by atoms with Crippen LogP contribution in [0.3, 0.4) is 0 Å². The summed E-state index contributed by atoms with van der Waals surface area (Å²) in [5.41, 5.74) is 2.90. The monoisotopic (exact) mass is 814 g/mol. The van der Waals surface area contributed by atoms with Gasteiger partial charge in [-0.3, -0.25) is 19.1 Å². The lowest BCUT2D eigenvalue weighted by Crippen LogP contribution is -2.44. The molecule has 60 heavy (non-hydrogen) atoms. The number of aromatic hydroxyl groups is 2. The third-order valence-electron chi connectivity index (χ3n) is 11.2. The molecule has 4 aromatic heterocycles. The third-order valence-corrected chi connectivity index (χ3v) is 11.2. The molecule has 17 heteroatoms. The first-order chi connectivity index (χ1) is 28.7. The average molecular weight is 815 g/mol. The van der Waals surface area contributed by atoms with E-state index >= 15 is 0 Å². The van der Waals surface area contributed by atoms with E-state index in [-0.39, 0.29) is 89.7 Å². The lowest BCUT2D eigenvalue weighted by molar-refractivity contribution is -0.172. The zero-order chi connectivity index (χ0) is 42.6. The zero-order valence-corrected chi connectivity index (χ0v) is 33.5. The second-order valence-corrected chi connectivity index (χ2v) is 15.1. The number of fused-ring (bicyclic) bond motifs is 5. The largest absolute Gasteiger partial charge is 0.508 e. The number of aryl methyl sites for hydroxylation is 1. The van der Waals surface area contributed by atoms with Gasteiger partial charge >= 0.3 is 12.1 Å². The molecule has 17 nitrogen and oxygen atoms in total. The van der Waals surface area contributed by atoms with Gasteiger partial charge in [0.25, 0.3) is 11.5 Å². The van der Waals surface area contributed by atoms with Gasteiger partial charge in [0.1, 0.15) is 23.9 Å². The Balaban J connectivity index is 0.987. The van der Waals surface area contributed by atoms with Crippen LogP contribution < -0.4 is 15.6 Å². The Kier molecular flexibility index (Phi) is 10.1. The number of phenolic OH excluding ortho intramolecular Hbond substituents is 2. The van der Waals surface area contributed by atoms with Crippen LogP contribution in [0, 0.1) is 0 Å². The summed E-state index contributed by atoms with van der Waals surface area (Å²) in [4.78, 5) is 63.5. The molecule has 308 valence electrons. The van der Waals surface area contributed by atoms with Gasteiger partial charge in [-0.15, -0.1) is 10.2 Å². The molecule has 2 aliphatic heterocycles. The summed E-state index contributed by atoms with van der Waals surface area (Å²) in [6, 6.07) is 13.0. The molecule has 0 spiro atoms. The maximum atomic E-state index is 13.7. The van der Waals surface area contributed by atoms with Crippen molar-refractivity contribution in [3.05, 3.63) is 105 Å². The first kappa shape index (κ1) is 39.7. The molecule has 0 saturated carbocycles. The minimum absolute atomic E-state index is 0.0225. The number of cyclic esters (lactones) is 1. The summed E-state index contributed by atoms with van der Waals surface area (Å²) < 4.78 is 14.0. The number of phenols is 2. The number of rotatable bonds is 10. The van der Waals surface area contributed by atoms with Gasteiger partial charge in [0.15, 0.2) is 11.4 Å². The number of carbonyl (C=O) groups excluding carboxylic acids is 3. The quantitative estimate of drug-likeness (QED) is 0.138. The summed E-state index contributed by atoms with van der Waals surface area (Å²) >= 11 is 0. The number of hydrogen-bond donors (Lipinski definition) is 4. The number of aromatic nitrogens is 6. The lowest BCUT2D eigenvalue weighted by atomic mass is 9.86. The average Bonchev–Trinajstić information content (AvgIpc) is 3.84. The molecule has 0 unspecified atom stereocenters. The molecule has 1 atom stereocenters. The number of aliphatic hydroxyl groups is 1. The normalized spacial score (nSPS) is 15.3. The number of esters is 1. The molecule has 0 fully saturated rings. The Hall–Kier alpha value is -7.14. The maximum Gasteiger partial charge on any atom is 0.415 e. The summed E-state index contributed by atoms with van der Waals surface area (Å²) in [7, 11) is 1.53. The Morgan fingerprint density at radius 2 is 1.85 bits per heavy atom. The van der Waals surface area contributed by atoms with Gasteiger partial charge in [0.2, 0.25) is 5.82 Å². The van der Waals surface area contributed by atoms with Crippen molar-refractivity contribution in [2.75, 3.05) is 20.1 Å². The zero-order valence-electron chi connectivity index (χ0n) is 33.5. The van der Waals surface area contributed by atoms with Crippen LogP contribution in [0.2, 0.25) is 0 Å². The predicted molar refractivity (Wildman–Crippen MR) is 217 cm³/mol. The predicted octanol–water partition coefficient (Wildman–Crippen LogP) is 4.68. The van der Waals surface area contributed by atoms with E-state index in [1.165, 1.54) is 28.8 Å². The van der Waals surface area contributed by atoms with E-state index in [1.54, 1.807) is 60.2 Å². The van der Waals surface area contributed by atoms with Crippen LogP contribution in [0.1, 0.15) is 78.5 Å². The Morgan fingerprint density at radius 1 is 1.05 bits per heavy atom. The van der Waals surface area contributed by atoms with Crippen molar-refractivity contribution in [3.63, 3.8) is 0 Å². The number of nitrogens with zero attached hydrogens (tertiary/aromatic N) is 7. The van der Waals surface area contributed by atoms with E-state index < -0.39 is 23.6 Å². The molecule has 2 aromatic carbocycles. The van der Waals surface area contributed by atoms with Gasteiger partial charge in [-0.05, 0) is 72.4 Å². The van der Waals surface area contributed by atoms with E-state index in [4.69, 9.17) is 14.5 Å². The fourth-order valence-corrected chi connectivity index (χ4v) is 7.87. The first-order valence-corrected chi connectivity index (χ1v) is 19.5. The Morgan fingerprint density at radius 3 is 2.57 bits per heavy atom. The molecule has 0 saturated heterocycles. The van der Waals surface area contributed by atoms with Crippen molar-refractivity contribution in [1.82, 2.24) is 39.5 Å². The van der Waals surface area contributed by atoms with E-state index in [2.05, 4.69) is 20.5 Å². The standard InChI is InChI=1S/C43H42N8O9/c1-6-25-27-15-24(10-11-32(27)46-36-29(25)20-50-33(36)17-31-30(40(50)55)21-59-41(56)43(31,58)7-2)60-42(57)49(5)14-13-45-39(54)38-48-47-37(51(38)23-9-8-12-44-19-23)28-16-26(22(3)4)34(52)18-35(28)53/h8-12,15-19,22,52-53,58H,6-7,13-14,20-21H2,1-5H3,(H,45,54)/t43-/m0/s1. The minimum atomic E-state index is -1.93. The highest BCUT2D eigenvalue weighted by Crippen LogP contribution is 2.41. The first-order valence-electron chi connectivity index (χ1n) is 19.5. The van der Waals surface area contributed by atoms with Crippen LogP contribution in [-0.4, -0.2) is 87.6 Å². The molecule has 0 radical (unpaired) electrons. The Labute approximate surface area is 342 Å². The smallest absolute Gasteiger partial charge is 0.415 e. The van der Waals surface area contributed by atoms with E-state index in [0.717, 1.165) is 16.5 Å². The number of likely N-dealkylation sites (N-methyl/N-ethyl adjacent to an activating group) is 1. The number of nitrogens with one attached hydrogen (secondary N) is 1. The van der Waals surface area contributed by atoms with Crippen LogP contribution >= 0.6 is 0 Å². The molecule has 2 aliphatic rings. The second-order valence-electron chi connectivity index (χ2n) is 15.1. The fourth-order valence-electron chi connectivity index (χ4n) is 7.87. The van der Waals surface area contributed by atoms with Crippen molar-refractivity contribution in [3.8, 4) is 45.7 Å². The van der Waals surface area contributed by atoms with Crippen LogP contribution in [-0.2, 0) is 34.7 Å². The van der Waals surface area contributed by atoms with Crippen LogP contribution in [0.25, 0.3) is 39.4 Å². The molecule has 0 aliphatic carbocycles. The molecule has 6 aromatic rings. The van der Waals surface area contributed by atoms with Crippen LogP contribution in [0.4, 0.5) is 4.79 Å². The summed E-state index contributed by atoms with van der Waals surface area (Å²) in [5.74, 6) is -1.45. The van der Waals surface area contributed by atoms with E-state index in [1.807, 2.05) is 20.8 Å². The molecule has 6 heterocycles. The molecule has 8 rings (SSSR count). The van der Waals surface area contributed by atoms with Gasteiger partial charge in [0.05, 0.1) is 46.5 Å². The summed E-state index contributed by atoms with van der Waals surface area (Å²) in [6.07, 6.45) is 3.03. The van der Waals surface area contributed by atoms with Crippen LogP contribution in [0.5, 0.6) is 17.2 Å². The highest BCUT2D eigenvalue weighted by atomic mass is 16.6. The highest BCUT2D eigenvalue weighted by molar-refractivity contribution is 5.93. The topological polar surface area (TPSA) is 224 Å². The van der Waals surface area contributed by atoms with Gasteiger partial charge in [-0.2, -0.15) is 0 Å². The SMILES string of the molecule is CCc1c2c(nc3ccc(OC(=O)N(C)CCNC(=O)c4nnc(-c5cc(C(C)C)c(O)cc5O)n4-c4cccnc4)cc13)-c1cc3c(c(=O)n1C2)COC(=O)[C@]3(O)CC. The van der Waals surface area contributed by atoms with Crippen molar-refractivity contribution in [1.29, 1.82) is 0 Å². The minimum Gasteiger partial charge on any atom is -0.508 e. The van der Waals surface area contributed by atoms with Gasteiger partial charge in [-0.1, -0.05) is 27.7 Å². The number of hydrogen-bond acceptors (Lipinski definition) is 13. The number of carbonyl (C=O) groups is 3. The van der Waals surface area contributed by atoms with E-state index in [0.29, 0.717) is 34.6 Å². The van der Waals surface area contributed by atoms with Crippen molar-refractivity contribution in [2.24, 2.45) is 0 Å². The number of ether oxygens (including phenoxy) is 2. The molecule has 2 amide bonds. The summed E-state index contributed by atoms with van der Waals surface area (Å²) in [6.45, 7) is 7.53. The van der Waals surface area contributed by atoms with Gasteiger partial charge < -0.3 is 39.6 Å². The molecule has 4 N–H and O–H groups in total. The molecular weight excluding hydrogens is 773 g/mol. The van der Waals surface area contributed by atoms with Crippen molar-refractivity contribution < 1.29 is 39.2 Å². The summed E-state index contributed by atoms with van der Waals surface area (Å²) in [5, 5.41) is 44.4. The molecular formula is C43H42N8O9. The third kappa shape index (κ3) is 6.56. The van der Waals surface area contributed by atoms with E-state index in [9.17, 15) is 34.5 Å². The number of pyridine rings is 3. The van der Waals surface area contributed by atoms with Gasteiger partial charge in [0, 0.05) is 48.9 Å². The van der Waals surface area contributed by atoms with Crippen LogP contribution in [0.15, 0.2) is 65.7 Å². The number of benzene rings is 2. The highest BCUT2D eigenvalue weighted by Gasteiger charge is 2.45. The second kappa shape index (κ2) is 15.2. The number of amides is 2. The van der Waals surface area contributed by atoms with Crippen molar-refractivity contribution >= 4 is 28.9 Å². The lowest BCUT2D eigenvalue weighted by Gasteiger charge is -2.31. The fraction of sp³-hybridized carbons (Fsp3) is 0.302. The Bertz CT molecular complexity index is 2800.